The first-order valence-electron chi connectivity index (χ1n) is 25.2. The second-order valence-electron chi connectivity index (χ2n) is 25.0. The maximum Gasteiger partial charge on any atom is 0.240 e. The molecule has 0 bridgehead atoms. The van der Waals surface area contributed by atoms with Crippen LogP contribution in [0, 0.1) is 46.3 Å². The third kappa shape index (κ3) is 4.96. The molecule has 5 heterocycles. The van der Waals surface area contributed by atoms with Crippen LogP contribution in [0.2, 0.25) is 0 Å². The molecule has 2 aromatic rings. The smallest absolute Gasteiger partial charge is 0.240 e. The summed E-state index contributed by atoms with van der Waals surface area (Å²) in [5.74, 6) is -1.52. The fourth-order valence-electron chi connectivity index (χ4n) is 17.8. The Bertz CT molecular complexity index is 2480. The van der Waals surface area contributed by atoms with Crippen molar-refractivity contribution >= 4 is 0 Å². The summed E-state index contributed by atoms with van der Waals surface area (Å²) < 4.78 is 26.6. The molecule has 12 heteroatoms. The van der Waals surface area contributed by atoms with E-state index < -0.39 is 70.2 Å². The molecule has 6 N–H and O–H groups in total. The molecule has 352 valence electrons. The quantitative estimate of drug-likeness (QED) is 0.202. The number of benzene rings is 1. The molecule has 0 amide bonds. The number of rotatable bonds is 1. The predicted molar refractivity (Wildman–Crippen MR) is 237 cm³/mol. The zero-order valence-electron chi connectivity index (χ0n) is 39.5. The maximum absolute atomic E-state index is 12.9. The van der Waals surface area contributed by atoms with Crippen molar-refractivity contribution in [1.29, 1.82) is 0 Å². The van der Waals surface area contributed by atoms with E-state index in [2.05, 4.69) is 32.9 Å². The van der Waals surface area contributed by atoms with Gasteiger partial charge in [0, 0.05) is 47.5 Å². The monoisotopic (exact) mass is 895 g/mol. The van der Waals surface area contributed by atoms with E-state index in [1.807, 2.05) is 27.7 Å². The molecule has 13 rings (SSSR count). The summed E-state index contributed by atoms with van der Waals surface area (Å²) in [6.07, 6.45) is 7.12. The third-order valence-electron chi connectivity index (χ3n) is 21.4. The van der Waals surface area contributed by atoms with Crippen molar-refractivity contribution in [2.24, 2.45) is 46.3 Å². The Hall–Kier alpha value is -2.52. The van der Waals surface area contributed by atoms with E-state index in [9.17, 15) is 30.6 Å². The highest BCUT2D eigenvalue weighted by Crippen LogP contribution is 2.71. The number of fused-ring (bicyclic) bond motifs is 13. The van der Waals surface area contributed by atoms with Crippen LogP contribution in [0.3, 0.4) is 0 Å². The standard InChI is InChI=1S/C53H70N2O10/c1-24-30-15-38(57)44-29-12-10-27-14-35-36(19-48(27,6)31(29)16-39(45(30)44)62-52(24)41(59)21-46(3,4)64-52)54-34-13-26-9-11-28-32(49(26,7)20-37(34)55-35)17-40(58)50(8)33(28)18-43-51(50,61)25(2)53(63-43)42(60)22-47(5,23-56)65-53/h16,18,24-28,30,32,38,40-43,56-61H,9-15,17,19-23H2,1-8H3/t24-,25?,26?,27?,28?,30+,32?,38?,40+,41?,42?,43-,47-,48-,49-,50+,51+,52?,53-/m1/s1. The Morgan fingerprint density at radius 1 is 0.754 bits per heavy atom. The SMILES string of the molecule is CC1[C@@]2(O[C@@H]3C=C4C5CCC6Cc7nc8c(nc7C[C@@]6(C)C5C[C@H](O)[C@@]4(C)[C@]13O)CC1CCc3c(cc4c5c3C(O)C[C@H]5[C@@H](C)C3(O4)OC(C)(C)CC3O)[C@]1(C)C8)O[C@@](C)(CO)CC2O. The van der Waals surface area contributed by atoms with E-state index in [1.165, 1.54) is 11.1 Å². The predicted octanol–water partition coefficient (Wildman–Crippen LogP) is 5.35. The van der Waals surface area contributed by atoms with Gasteiger partial charge in [-0.05, 0) is 136 Å². The normalized spacial score (nSPS) is 52.4. The highest BCUT2D eigenvalue weighted by Gasteiger charge is 2.79. The average molecular weight is 895 g/mol. The van der Waals surface area contributed by atoms with E-state index in [0.29, 0.717) is 31.1 Å². The van der Waals surface area contributed by atoms with E-state index in [1.54, 1.807) is 6.92 Å². The van der Waals surface area contributed by atoms with Crippen LogP contribution in [0.15, 0.2) is 17.7 Å². The first-order valence-corrected chi connectivity index (χ1v) is 25.2. The molecule has 11 aliphatic rings. The van der Waals surface area contributed by atoms with Gasteiger partial charge in [0.1, 0.15) is 29.7 Å². The fraction of sp³-hybridized carbons (Fsp3) is 0.774. The number of hydrogen-bond acceptors (Lipinski definition) is 12. The summed E-state index contributed by atoms with van der Waals surface area (Å²) in [6, 6.07) is 2.26. The molecule has 5 fully saturated rings. The number of hydrogen-bond donors (Lipinski definition) is 6. The van der Waals surface area contributed by atoms with Crippen molar-refractivity contribution in [1.82, 2.24) is 9.97 Å². The minimum atomic E-state index is -1.50. The molecule has 4 aliphatic heterocycles. The third-order valence-corrected chi connectivity index (χ3v) is 21.4. The molecule has 3 saturated heterocycles. The van der Waals surface area contributed by atoms with Gasteiger partial charge in [-0.25, -0.2) is 0 Å². The Kier molecular flexibility index (Phi) is 8.39. The Morgan fingerprint density at radius 3 is 2.15 bits per heavy atom. The van der Waals surface area contributed by atoms with Crippen LogP contribution >= 0.6 is 0 Å². The number of aliphatic hydroxyl groups is 6. The highest BCUT2D eigenvalue weighted by molar-refractivity contribution is 5.60. The fourth-order valence-corrected chi connectivity index (χ4v) is 17.8. The number of aromatic nitrogens is 2. The topological polar surface area (TPSA) is 184 Å². The van der Waals surface area contributed by atoms with Gasteiger partial charge < -0.3 is 49.6 Å². The summed E-state index contributed by atoms with van der Waals surface area (Å²) in [7, 11) is 0. The minimum Gasteiger partial charge on any atom is -0.459 e. The van der Waals surface area contributed by atoms with Crippen molar-refractivity contribution in [3.05, 3.63) is 62.7 Å². The lowest BCUT2D eigenvalue weighted by molar-refractivity contribution is -0.280. The summed E-state index contributed by atoms with van der Waals surface area (Å²) in [5.41, 5.74) is 5.86. The van der Waals surface area contributed by atoms with Crippen molar-refractivity contribution in [3.63, 3.8) is 0 Å². The van der Waals surface area contributed by atoms with E-state index in [4.69, 9.17) is 28.9 Å². The van der Waals surface area contributed by atoms with Crippen LogP contribution in [-0.4, -0.2) is 100 Å². The lowest BCUT2D eigenvalue weighted by Gasteiger charge is -2.61. The molecule has 65 heavy (non-hydrogen) atoms. The molecular formula is C53H70N2O10. The number of nitrogens with zero attached hydrogens (tertiary/aromatic N) is 2. The van der Waals surface area contributed by atoms with Crippen molar-refractivity contribution in [3.8, 4) is 5.75 Å². The average Bonchev–Trinajstić information content (AvgIpc) is 3.94. The van der Waals surface area contributed by atoms with Gasteiger partial charge >= 0.3 is 0 Å². The second kappa shape index (κ2) is 12.8. The zero-order valence-corrected chi connectivity index (χ0v) is 39.5. The van der Waals surface area contributed by atoms with Crippen LogP contribution in [0.4, 0.5) is 0 Å². The van der Waals surface area contributed by atoms with Crippen LogP contribution in [0.5, 0.6) is 5.75 Å². The van der Waals surface area contributed by atoms with E-state index in [0.717, 1.165) is 96.6 Å². The van der Waals surface area contributed by atoms with E-state index in [-0.39, 0.29) is 47.5 Å². The molecular weight excluding hydrogens is 825 g/mol. The Balaban J connectivity index is 0.811. The van der Waals surface area contributed by atoms with Crippen molar-refractivity contribution < 1.29 is 49.6 Å². The molecule has 9 unspecified atom stereocenters. The molecule has 0 radical (unpaired) electrons. The minimum absolute atomic E-state index is 0.0487. The van der Waals surface area contributed by atoms with E-state index >= 15 is 0 Å². The van der Waals surface area contributed by atoms with Crippen molar-refractivity contribution in [2.45, 2.75) is 203 Å². The largest absolute Gasteiger partial charge is 0.459 e. The van der Waals surface area contributed by atoms with Crippen LogP contribution in [0.1, 0.15) is 157 Å². The van der Waals surface area contributed by atoms with Gasteiger partial charge in [0.2, 0.25) is 11.6 Å². The van der Waals surface area contributed by atoms with Gasteiger partial charge in [-0.3, -0.25) is 9.97 Å². The van der Waals surface area contributed by atoms with Crippen LogP contribution in [-0.2, 0) is 51.7 Å². The second-order valence-corrected chi connectivity index (χ2v) is 25.0. The van der Waals surface area contributed by atoms with Gasteiger partial charge in [-0.1, -0.05) is 46.3 Å². The maximum atomic E-state index is 12.9. The molecule has 2 saturated carbocycles. The first kappa shape index (κ1) is 42.6. The van der Waals surface area contributed by atoms with Crippen molar-refractivity contribution in [2.75, 3.05) is 6.61 Å². The Morgan fingerprint density at radius 2 is 1.46 bits per heavy atom. The number of aliphatic hydroxyl groups excluding tert-OH is 5. The molecule has 2 spiro atoms. The molecule has 19 atom stereocenters. The lowest BCUT2D eigenvalue weighted by Crippen LogP contribution is -2.64. The summed E-state index contributed by atoms with van der Waals surface area (Å²) >= 11 is 0. The summed E-state index contributed by atoms with van der Waals surface area (Å²) in [5, 5.41) is 70.3. The van der Waals surface area contributed by atoms with Gasteiger partial charge in [-0.2, -0.15) is 0 Å². The number of ether oxygens (including phenoxy) is 4. The molecule has 1 aromatic carbocycles. The highest BCUT2D eigenvalue weighted by atomic mass is 16.7. The van der Waals surface area contributed by atoms with Crippen LogP contribution < -0.4 is 4.74 Å². The lowest BCUT2D eigenvalue weighted by atomic mass is 9.44. The summed E-state index contributed by atoms with van der Waals surface area (Å²) in [4.78, 5) is 11.1. The van der Waals surface area contributed by atoms with Gasteiger partial charge in [0.05, 0.1) is 52.8 Å². The molecule has 12 nitrogen and oxygen atoms in total. The first-order chi connectivity index (χ1) is 30.6. The summed E-state index contributed by atoms with van der Waals surface area (Å²) in [6.45, 7) is 16.4. The Labute approximate surface area is 382 Å². The molecule has 7 aliphatic carbocycles. The van der Waals surface area contributed by atoms with Crippen LogP contribution in [0.25, 0.3) is 0 Å². The van der Waals surface area contributed by atoms with Gasteiger partial charge in [0.25, 0.3) is 0 Å². The molecule has 1 aromatic heterocycles. The zero-order chi connectivity index (χ0) is 45.6. The van der Waals surface area contributed by atoms with Gasteiger partial charge in [-0.15, -0.1) is 0 Å². The van der Waals surface area contributed by atoms with Gasteiger partial charge in [0.15, 0.2) is 0 Å².